The van der Waals surface area contributed by atoms with Gasteiger partial charge in [0.25, 0.3) is 0 Å². The van der Waals surface area contributed by atoms with Crippen molar-refractivity contribution in [1.29, 1.82) is 0 Å². The Morgan fingerprint density at radius 1 is 1.10 bits per heavy atom. The highest BCUT2D eigenvalue weighted by Gasteiger charge is 2.06. The summed E-state index contributed by atoms with van der Waals surface area (Å²) in [6.07, 6.45) is 1.95. The van der Waals surface area contributed by atoms with E-state index in [1.165, 1.54) is 5.56 Å². The van der Waals surface area contributed by atoms with E-state index in [0.29, 0.717) is 6.54 Å². The molecule has 0 fully saturated rings. The number of benzene rings is 2. The number of hydrogen-bond donors (Lipinski definition) is 0. The fraction of sp³-hybridized carbons (Fsp3) is 0.125. The van der Waals surface area contributed by atoms with Crippen LogP contribution in [0.1, 0.15) is 5.56 Å². The molecule has 2 aromatic carbocycles. The van der Waals surface area contributed by atoms with Gasteiger partial charge in [-0.05, 0) is 35.9 Å². The Morgan fingerprint density at radius 2 is 1.86 bits per heavy atom. The van der Waals surface area contributed by atoms with Gasteiger partial charge in [-0.25, -0.2) is 4.68 Å². The lowest BCUT2D eigenvalue weighted by Gasteiger charge is -2.03. The van der Waals surface area contributed by atoms with Crippen LogP contribution in [0.5, 0.6) is 5.75 Å². The molecule has 0 aliphatic carbocycles. The zero-order valence-corrected chi connectivity index (χ0v) is 13.1. The van der Waals surface area contributed by atoms with Gasteiger partial charge in [-0.1, -0.05) is 39.3 Å². The topological polar surface area (TPSA) is 39.9 Å². The van der Waals surface area contributed by atoms with Crippen molar-refractivity contribution >= 4 is 15.9 Å². The van der Waals surface area contributed by atoms with Crippen LogP contribution in [0.3, 0.4) is 0 Å². The summed E-state index contributed by atoms with van der Waals surface area (Å²) in [6, 6.07) is 15.9. The molecule has 0 atom stereocenters. The van der Waals surface area contributed by atoms with E-state index >= 15 is 0 Å². The molecule has 4 nitrogen and oxygen atoms in total. The molecule has 106 valence electrons. The van der Waals surface area contributed by atoms with Gasteiger partial charge in [0.05, 0.1) is 19.9 Å². The second-order valence-electron chi connectivity index (χ2n) is 4.62. The number of halogens is 1. The molecule has 0 unspecified atom stereocenters. The summed E-state index contributed by atoms with van der Waals surface area (Å²) >= 11 is 3.55. The van der Waals surface area contributed by atoms with Crippen LogP contribution in [0.15, 0.2) is 59.2 Å². The molecule has 0 saturated carbocycles. The highest BCUT2D eigenvalue weighted by Crippen LogP contribution is 2.21. The van der Waals surface area contributed by atoms with Crippen molar-refractivity contribution in [2.24, 2.45) is 0 Å². The molecule has 1 heterocycles. The molecule has 0 amide bonds. The van der Waals surface area contributed by atoms with Crippen molar-refractivity contribution in [3.8, 4) is 17.0 Å². The van der Waals surface area contributed by atoms with Crippen LogP contribution in [0.4, 0.5) is 0 Å². The first-order valence-electron chi connectivity index (χ1n) is 6.54. The van der Waals surface area contributed by atoms with E-state index < -0.39 is 0 Å². The molecule has 21 heavy (non-hydrogen) atoms. The monoisotopic (exact) mass is 343 g/mol. The molecule has 0 radical (unpaired) electrons. The quantitative estimate of drug-likeness (QED) is 0.723. The number of nitrogens with zero attached hydrogens (tertiary/aromatic N) is 3. The van der Waals surface area contributed by atoms with Gasteiger partial charge >= 0.3 is 0 Å². The third-order valence-corrected chi connectivity index (χ3v) is 3.99. The van der Waals surface area contributed by atoms with Gasteiger partial charge in [-0.15, -0.1) is 5.10 Å². The number of methoxy groups -OCH3 is 1. The van der Waals surface area contributed by atoms with Crippen molar-refractivity contribution in [2.75, 3.05) is 7.11 Å². The highest BCUT2D eigenvalue weighted by molar-refractivity contribution is 9.10. The van der Waals surface area contributed by atoms with Crippen LogP contribution in [0.2, 0.25) is 0 Å². The first-order chi connectivity index (χ1) is 10.3. The Hall–Kier alpha value is -2.14. The first-order valence-corrected chi connectivity index (χ1v) is 7.33. The standard InChI is InChI=1S/C16H14BrN3O/c1-21-14-8-6-12(7-9-14)16-11-20(19-18-16)10-13-4-2-3-5-15(13)17/h2-9,11H,10H2,1H3. The second-order valence-corrected chi connectivity index (χ2v) is 5.48. The van der Waals surface area contributed by atoms with Gasteiger partial charge < -0.3 is 4.74 Å². The third kappa shape index (κ3) is 3.13. The van der Waals surface area contributed by atoms with Gasteiger partial charge in [-0.2, -0.15) is 0 Å². The zero-order chi connectivity index (χ0) is 14.7. The molecule has 0 spiro atoms. The number of hydrogen-bond acceptors (Lipinski definition) is 3. The number of aromatic nitrogens is 3. The fourth-order valence-corrected chi connectivity index (χ4v) is 2.48. The van der Waals surface area contributed by atoms with Gasteiger partial charge in [0.2, 0.25) is 0 Å². The zero-order valence-electron chi connectivity index (χ0n) is 11.5. The maximum Gasteiger partial charge on any atom is 0.118 e. The molecular formula is C16H14BrN3O. The Balaban J connectivity index is 1.81. The predicted molar refractivity (Wildman–Crippen MR) is 85.3 cm³/mol. The molecule has 3 rings (SSSR count). The Morgan fingerprint density at radius 3 is 2.57 bits per heavy atom. The molecule has 1 aromatic heterocycles. The summed E-state index contributed by atoms with van der Waals surface area (Å²) < 4.78 is 8.06. The molecule has 0 bridgehead atoms. The van der Waals surface area contributed by atoms with Crippen molar-refractivity contribution in [2.45, 2.75) is 6.54 Å². The fourth-order valence-electron chi connectivity index (χ4n) is 2.07. The van der Waals surface area contributed by atoms with Gasteiger partial charge in [0.15, 0.2) is 0 Å². The van der Waals surface area contributed by atoms with Crippen LogP contribution >= 0.6 is 15.9 Å². The van der Waals surface area contributed by atoms with Crippen molar-refractivity contribution in [3.05, 3.63) is 64.8 Å². The van der Waals surface area contributed by atoms with Gasteiger partial charge in [0, 0.05) is 10.0 Å². The molecule has 5 heteroatoms. The van der Waals surface area contributed by atoms with E-state index in [1.54, 1.807) is 7.11 Å². The number of ether oxygens (including phenoxy) is 1. The van der Waals surface area contributed by atoms with Crippen LogP contribution in [-0.2, 0) is 6.54 Å². The van der Waals surface area contributed by atoms with Crippen LogP contribution in [0.25, 0.3) is 11.3 Å². The Kier molecular flexibility index (Phi) is 4.01. The van der Waals surface area contributed by atoms with Crippen LogP contribution in [-0.4, -0.2) is 22.1 Å². The largest absolute Gasteiger partial charge is 0.497 e. The lowest BCUT2D eigenvalue weighted by molar-refractivity contribution is 0.415. The van der Waals surface area contributed by atoms with Crippen molar-refractivity contribution < 1.29 is 4.74 Å². The van der Waals surface area contributed by atoms with Crippen LogP contribution < -0.4 is 4.74 Å². The highest BCUT2D eigenvalue weighted by atomic mass is 79.9. The van der Waals surface area contributed by atoms with Gasteiger partial charge in [-0.3, -0.25) is 0 Å². The SMILES string of the molecule is COc1ccc(-c2cn(Cc3ccccc3Br)nn2)cc1. The summed E-state index contributed by atoms with van der Waals surface area (Å²) in [4.78, 5) is 0. The van der Waals surface area contributed by atoms with Crippen molar-refractivity contribution in [1.82, 2.24) is 15.0 Å². The Labute approximate surface area is 131 Å². The first kappa shape index (κ1) is 13.8. The normalized spacial score (nSPS) is 10.6. The molecular weight excluding hydrogens is 330 g/mol. The lowest BCUT2D eigenvalue weighted by Crippen LogP contribution is -2.00. The number of rotatable bonds is 4. The van der Waals surface area contributed by atoms with E-state index in [4.69, 9.17) is 4.74 Å². The van der Waals surface area contributed by atoms with Crippen LogP contribution in [0, 0.1) is 0 Å². The van der Waals surface area contributed by atoms with E-state index in [2.05, 4.69) is 32.3 Å². The van der Waals surface area contributed by atoms with Gasteiger partial charge in [0.1, 0.15) is 11.4 Å². The summed E-state index contributed by atoms with van der Waals surface area (Å²) in [6.45, 7) is 0.685. The van der Waals surface area contributed by atoms with E-state index in [1.807, 2.05) is 53.3 Å². The maximum absolute atomic E-state index is 5.16. The second kappa shape index (κ2) is 6.10. The van der Waals surface area contributed by atoms with E-state index in [-0.39, 0.29) is 0 Å². The molecule has 0 aliphatic heterocycles. The minimum atomic E-state index is 0.685. The predicted octanol–water partition coefficient (Wildman–Crippen LogP) is 3.76. The molecule has 0 saturated heterocycles. The summed E-state index contributed by atoms with van der Waals surface area (Å²) in [5, 5.41) is 8.41. The Bertz CT molecular complexity index is 737. The summed E-state index contributed by atoms with van der Waals surface area (Å²) in [5.41, 5.74) is 3.04. The minimum absolute atomic E-state index is 0.685. The molecule has 3 aromatic rings. The third-order valence-electron chi connectivity index (χ3n) is 3.21. The van der Waals surface area contributed by atoms with E-state index in [0.717, 1.165) is 21.5 Å². The molecule has 0 N–H and O–H groups in total. The van der Waals surface area contributed by atoms with Crippen molar-refractivity contribution in [3.63, 3.8) is 0 Å². The lowest BCUT2D eigenvalue weighted by atomic mass is 10.1. The average Bonchev–Trinajstić information content (AvgIpc) is 2.98. The van der Waals surface area contributed by atoms with E-state index in [9.17, 15) is 0 Å². The molecule has 0 aliphatic rings. The summed E-state index contributed by atoms with van der Waals surface area (Å²) in [5.74, 6) is 0.833. The smallest absolute Gasteiger partial charge is 0.118 e. The maximum atomic E-state index is 5.16. The average molecular weight is 344 g/mol. The minimum Gasteiger partial charge on any atom is -0.497 e. The summed E-state index contributed by atoms with van der Waals surface area (Å²) in [7, 11) is 1.66.